The Bertz CT molecular complexity index is 30.9. The SMILES string of the molecule is CCC1CC1.S. The Morgan fingerprint density at radius 1 is 1.50 bits per heavy atom. The lowest BCUT2D eigenvalue weighted by atomic mass is 10.3. The van der Waals surface area contributed by atoms with Crippen molar-refractivity contribution in [3.8, 4) is 0 Å². The summed E-state index contributed by atoms with van der Waals surface area (Å²) in [6.07, 6.45) is 4.44. The zero-order valence-corrected chi connectivity index (χ0v) is 5.20. The average Bonchev–Trinajstić information content (AvgIpc) is 2.12. The van der Waals surface area contributed by atoms with Crippen LogP contribution in [-0.4, -0.2) is 0 Å². The highest BCUT2D eigenvalue weighted by Gasteiger charge is 2.17. The van der Waals surface area contributed by atoms with Crippen molar-refractivity contribution in [2.75, 3.05) is 0 Å². The van der Waals surface area contributed by atoms with Crippen LogP contribution in [0.3, 0.4) is 0 Å². The number of rotatable bonds is 1. The van der Waals surface area contributed by atoms with Gasteiger partial charge >= 0.3 is 0 Å². The van der Waals surface area contributed by atoms with Gasteiger partial charge in [0.2, 0.25) is 0 Å². The monoisotopic (exact) mass is 104 g/mol. The van der Waals surface area contributed by atoms with Gasteiger partial charge in [-0.15, -0.1) is 0 Å². The molecule has 0 radical (unpaired) electrons. The first kappa shape index (κ1) is 6.35. The minimum atomic E-state index is 0. The summed E-state index contributed by atoms with van der Waals surface area (Å²) >= 11 is 0. The van der Waals surface area contributed by atoms with Gasteiger partial charge in [-0.1, -0.05) is 26.2 Å². The molecule has 0 aromatic heterocycles. The van der Waals surface area contributed by atoms with Crippen LogP contribution in [0.4, 0.5) is 0 Å². The molecule has 1 saturated carbocycles. The van der Waals surface area contributed by atoms with Gasteiger partial charge in [-0.2, -0.15) is 13.5 Å². The van der Waals surface area contributed by atoms with E-state index < -0.39 is 0 Å². The molecule has 0 nitrogen and oxygen atoms in total. The van der Waals surface area contributed by atoms with Crippen molar-refractivity contribution in [1.29, 1.82) is 0 Å². The van der Waals surface area contributed by atoms with Crippen molar-refractivity contribution in [2.45, 2.75) is 26.2 Å². The zero-order valence-electron chi connectivity index (χ0n) is 4.20. The zero-order chi connectivity index (χ0) is 3.70. The lowest BCUT2D eigenvalue weighted by molar-refractivity contribution is 0.799. The van der Waals surface area contributed by atoms with Crippen molar-refractivity contribution in [3.05, 3.63) is 0 Å². The lowest BCUT2D eigenvalue weighted by Gasteiger charge is -1.72. The molecule has 0 saturated heterocycles. The Balaban J connectivity index is 0.000000250. The van der Waals surface area contributed by atoms with E-state index >= 15 is 0 Å². The van der Waals surface area contributed by atoms with Crippen LogP contribution in [0.25, 0.3) is 0 Å². The van der Waals surface area contributed by atoms with Gasteiger partial charge in [-0.05, 0) is 5.92 Å². The number of hydrogen-bond acceptors (Lipinski definition) is 0. The molecule has 6 heavy (non-hydrogen) atoms. The molecule has 1 heteroatoms. The van der Waals surface area contributed by atoms with Gasteiger partial charge in [-0.25, -0.2) is 0 Å². The van der Waals surface area contributed by atoms with E-state index in [9.17, 15) is 0 Å². The van der Waals surface area contributed by atoms with Gasteiger partial charge in [0, 0.05) is 0 Å². The maximum Gasteiger partial charge on any atom is -0.0417 e. The Labute approximate surface area is 46.4 Å². The smallest absolute Gasteiger partial charge is 0.0417 e. The summed E-state index contributed by atoms with van der Waals surface area (Å²) < 4.78 is 0. The molecule has 1 rings (SSSR count). The highest BCUT2D eigenvalue weighted by atomic mass is 32.1. The van der Waals surface area contributed by atoms with Crippen LogP contribution in [0.5, 0.6) is 0 Å². The summed E-state index contributed by atoms with van der Waals surface area (Å²) in [6, 6.07) is 0. The van der Waals surface area contributed by atoms with Crippen LogP contribution < -0.4 is 0 Å². The second kappa shape index (κ2) is 2.51. The third-order valence-electron chi connectivity index (χ3n) is 1.27. The quantitative estimate of drug-likeness (QED) is 0.477. The first-order valence-corrected chi connectivity index (χ1v) is 2.43. The maximum absolute atomic E-state index is 2.26. The van der Waals surface area contributed by atoms with Gasteiger partial charge in [0.15, 0.2) is 0 Å². The third kappa shape index (κ3) is 1.71. The lowest BCUT2D eigenvalue weighted by Crippen LogP contribution is -1.59. The van der Waals surface area contributed by atoms with Crippen LogP contribution >= 0.6 is 13.5 Å². The maximum atomic E-state index is 2.26. The van der Waals surface area contributed by atoms with Gasteiger partial charge in [0.25, 0.3) is 0 Å². The minimum Gasteiger partial charge on any atom is -0.197 e. The van der Waals surface area contributed by atoms with Crippen molar-refractivity contribution in [3.63, 3.8) is 0 Å². The largest absolute Gasteiger partial charge is 0.197 e. The van der Waals surface area contributed by atoms with E-state index in [0.717, 1.165) is 5.92 Å². The first-order chi connectivity index (χ1) is 2.43. The molecular formula is C5H12S. The van der Waals surface area contributed by atoms with E-state index in [2.05, 4.69) is 6.92 Å². The van der Waals surface area contributed by atoms with Crippen molar-refractivity contribution < 1.29 is 0 Å². The van der Waals surface area contributed by atoms with E-state index in [1.165, 1.54) is 19.3 Å². The fourth-order valence-corrected chi connectivity index (χ4v) is 0.526. The highest BCUT2D eigenvalue weighted by molar-refractivity contribution is 7.59. The van der Waals surface area contributed by atoms with Crippen LogP contribution in [-0.2, 0) is 0 Å². The Kier molecular flexibility index (Phi) is 2.66. The molecule has 0 bridgehead atoms. The Hall–Kier alpha value is 0.350. The molecule has 0 aromatic carbocycles. The first-order valence-electron chi connectivity index (χ1n) is 2.43. The highest BCUT2D eigenvalue weighted by Crippen LogP contribution is 2.31. The molecular weight excluding hydrogens is 92.1 g/mol. The summed E-state index contributed by atoms with van der Waals surface area (Å²) in [7, 11) is 0. The second-order valence-electron chi connectivity index (χ2n) is 1.85. The Morgan fingerprint density at radius 3 is 2.00 bits per heavy atom. The molecule has 0 atom stereocenters. The summed E-state index contributed by atoms with van der Waals surface area (Å²) in [5, 5.41) is 0. The van der Waals surface area contributed by atoms with Gasteiger partial charge in [0.05, 0.1) is 0 Å². The summed E-state index contributed by atoms with van der Waals surface area (Å²) in [5.74, 6) is 1.13. The summed E-state index contributed by atoms with van der Waals surface area (Å²) in [4.78, 5) is 0. The molecule has 1 aliphatic rings. The van der Waals surface area contributed by atoms with Crippen LogP contribution in [0.1, 0.15) is 26.2 Å². The molecule has 0 spiro atoms. The van der Waals surface area contributed by atoms with Crippen molar-refractivity contribution >= 4 is 13.5 Å². The summed E-state index contributed by atoms with van der Waals surface area (Å²) in [6.45, 7) is 2.26. The molecule has 1 fully saturated rings. The van der Waals surface area contributed by atoms with Crippen LogP contribution in [0.15, 0.2) is 0 Å². The summed E-state index contributed by atoms with van der Waals surface area (Å²) in [5.41, 5.74) is 0. The molecule has 0 unspecified atom stereocenters. The predicted molar refractivity (Wildman–Crippen MR) is 33.4 cm³/mol. The number of hydrogen-bond donors (Lipinski definition) is 0. The minimum absolute atomic E-state index is 0. The molecule has 38 valence electrons. The average molecular weight is 104 g/mol. The van der Waals surface area contributed by atoms with Gasteiger partial charge in [-0.3, -0.25) is 0 Å². The predicted octanol–water partition coefficient (Wildman–Crippen LogP) is 1.92. The van der Waals surface area contributed by atoms with Crippen LogP contribution in [0, 0.1) is 5.92 Å². The van der Waals surface area contributed by atoms with E-state index in [1.54, 1.807) is 0 Å². The molecule has 0 aromatic rings. The van der Waals surface area contributed by atoms with E-state index in [4.69, 9.17) is 0 Å². The fraction of sp³-hybridized carbons (Fsp3) is 1.00. The van der Waals surface area contributed by atoms with E-state index in [-0.39, 0.29) is 13.5 Å². The second-order valence-corrected chi connectivity index (χ2v) is 1.85. The van der Waals surface area contributed by atoms with Gasteiger partial charge in [0.1, 0.15) is 0 Å². The van der Waals surface area contributed by atoms with E-state index in [0.29, 0.717) is 0 Å². The molecule has 1 aliphatic carbocycles. The third-order valence-corrected chi connectivity index (χ3v) is 1.27. The fourth-order valence-electron chi connectivity index (χ4n) is 0.526. The van der Waals surface area contributed by atoms with Crippen molar-refractivity contribution in [2.24, 2.45) is 5.92 Å². The van der Waals surface area contributed by atoms with Gasteiger partial charge < -0.3 is 0 Å². The topological polar surface area (TPSA) is 0 Å². The standard InChI is InChI=1S/C5H10.H2S/c1-2-5-3-4-5;/h5H,2-4H2,1H3;1H2. The van der Waals surface area contributed by atoms with E-state index in [1.807, 2.05) is 0 Å². The molecule has 0 heterocycles. The Morgan fingerprint density at radius 2 is 2.00 bits per heavy atom. The van der Waals surface area contributed by atoms with Crippen molar-refractivity contribution in [1.82, 2.24) is 0 Å². The molecule has 0 aliphatic heterocycles. The van der Waals surface area contributed by atoms with Crippen LogP contribution in [0.2, 0.25) is 0 Å². The molecule has 0 amide bonds. The molecule has 0 N–H and O–H groups in total. The normalized spacial score (nSPS) is 19.5.